The van der Waals surface area contributed by atoms with Crippen LogP contribution in [0.5, 0.6) is 5.75 Å². The fourth-order valence-corrected chi connectivity index (χ4v) is 3.59. The normalized spacial score (nSPS) is 18.9. The molecule has 6 heteroatoms. The smallest absolute Gasteiger partial charge is 0.223 e. The lowest BCUT2D eigenvalue weighted by Gasteiger charge is -2.34. The second-order valence-corrected chi connectivity index (χ2v) is 7.04. The molecule has 1 amide bonds. The zero-order valence-electron chi connectivity index (χ0n) is 13.9. The van der Waals surface area contributed by atoms with E-state index in [1.807, 2.05) is 36.1 Å². The number of amides is 1. The Balaban J connectivity index is 0.00000264. The molecule has 0 spiro atoms. The topological polar surface area (TPSA) is 55.6 Å². The average molecular weight is 359 g/mol. The molecule has 2 unspecified atom stereocenters. The number of piperidine rings is 1. The van der Waals surface area contributed by atoms with E-state index in [2.05, 4.69) is 0 Å². The number of methoxy groups -OCH3 is 1. The van der Waals surface area contributed by atoms with E-state index in [9.17, 15) is 4.79 Å². The number of nitrogens with two attached hydrogens (primary N) is 1. The Labute approximate surface area is 149 Å². The van der Waals surface area contributed by atoms with Gasteiger partial charge in [0.15, 0.2) is 0 Å². The summed E-state index contributed by atoms with van der Waals surface area (Å²) in [6.45, 7) is 3.75. The van der Waals surface area contributed by atoms with Crippen molar-refractivity contribution in [1.29, 1.82) is 0 Å². The van der Waals surface area contributed by atoms with Crippen LogP contribution >= 0.6 is 24.2 Å². The van der Waals surface area contributed by atoms with Gasteiger partial charge in [0.25, 0.3) is 0 Å². The van der Waals surface area contributed by atoms with Crippen LogP contribution < -0.4 is 10.5 Å². The highest BCUT2D eigenvalue weighted by molar-refractivity contribution is 7.99. The third-order valence-electron chi connectivity index (χ3n) is 4.20. The third kappa shape index (κ3) is 6.24. The second-order valence-electron chi connectivity index (χ2n) is 5.88. The van der Waals surface area contributed by atoms with Gasteiger partial charge in [0, 0.05) is 36.2 Å². The molecular weight excluding hydrogens is 332 g/mol. The van der Waals surface area contributed by atoms with Gasteiger partial charge in [-0.3, -0.25) is 4.79 Å². The number of thioether (sulfide) groups is 1. The molecule has 1 fully saturated rings. The van der Waals surface area contributed by atoms with E-state index in [1.165, 1.54) is 4.90 Å². The Morgan fingerprint density at radius 1 is 1.43 bits per heavy atom. The fraction of sp³-hybridized carbons (Fsp3) is 0.588. The number of likely N-dealkylation sites (tertiary alicyclic amines) is 1. The molecule has 0 aromatic heterocycles. The zero-order chi connectivity index (χ0) is 15.9. The molecule has 23 heavy (non-hydrogen) atoms. The Morgan fingerprint density at radius 3 is 2.74 bits per heavy atom. The van der Waals surface area contributed by atoms with Gasteiger partial charge in [-0.1, -0.05) is 0 Å². The number of ether oxygens (including phenoxy) is 1. The van der Waals surface area contributed by atoms with Gasteiger partial charge in [-0.05, 0) is 49.9 Å². The Bertz CT molecular complexity index is 482. The number of carbonyl (C=O) groups excluding carboxylic acids is 1. The summed E-state index contributed by atoms with van der Waals surface area (Å²) in [4.78, 5) is 15.5. The summed E-state index contributed by atoms with van der Waals surface area (Å²) in [5, 5.41) is 0. The largest absolute Gasteiger partial charge is 0.497 e. The first-order chi connectivity index (χ1) is 10.6. The van der Waals surface area contributed by atoms with Crippen LogP contribution in [0, 0.1) is 5.92 Å². The number of nitrogens with zero attached hydrogens (tertiary/aromatic N) is 1. The minimum atomic E-state index is 0. The van der Waals surface area contributed by atoms with Crippen LogP contribution in [0.2, 0.25) is 0 Å². The molecule has 4 nitrogen and oxygen atoms in total. The highest BCUT2D eigenvalue weighted by atomic mass is 35.5. The van der Waals surface area contributed by atoms with Crippen molar-refractivity contribution in [3.05, 3.63) is 24.3 Å². The first-order valence-corrected chi connectivity index (χ1v) is 8.89. The summed E-state index contributed by atoms with van der Waals surface area (Å²) in [5.74, 6) is 2.37. The lowest BCUT2D eigenvalue weighted by Crippen LogP contribution is -2.45. The van der Waals surface area contributed by atoms with Crippen LogP contribution in [0.4, 0.5) is 0 Å². The van der Waals surface area contributed by atoms with E-state index >= 15 is 0 Å². The predicted octanol–water partition coefficient (Wildman–Crippen LogP) is 3.19. The van der Waals surface area contributed by atoms with Crippen molar-refractivity contribution in [3.63, 3.8) is 0 Å². The molecule has 1 heterocycles. The number of carbonyl (C=O) groups is 1. The van der Waals surface area contributed by atoms with Gasteiger partial charge < -0.3 is 15.4 Å². The summed E-state index contributed by atoms with van der Waals surface area (Å²) >= 11 is 1.71. The first kappa shape index (κ1) is 20.1. The minimum absolute atomic E-state index is 0. The van der Waals surface area contributed by atoms with Crippen LogP contribution in [-0.4, -0.2) is 42.8 Å². The maximum absolute atomic E-state index is 12.3. The minimum Gasteiger partial charge on any atom is -0.497 e. The van der Waals surface area contributed by atoms with Crippen LogP contribution in [0.15, 0.2) is 29.2 Å². The van der Waals surface area contributed by atoms with Gasteiger partial charge in [-0.25, -0.2) is 0 Å². The SMILES string of the molecule is COc1ccc(SCCC(=O)N2CCCC(C(C)N)C2)cc1.Cl. The lowest BCUT2D eigenvalue weighted by molar-refractivity contribution is -0.132. The number of hydrogen-bond donors (Lipinski definition) is 1. The molecule has 1 aliphatic heterocycles. The predicted molar refractivity (Wildman–Crippen MR) is 98.5 cm³/mol. The summed E-state index contributed by atoms with van der Waals surface area (Å²) < 4.78 is 5.14. The number of hydrogen-bond acceptors (Lipinski definition) is 4. The van der Waals surface area contributed by atoms with Crippen molar-refractivity contribution in [1.82, 2.24) is 4.90 Å². The van der Waals surface area contributed by atoms with Gasteiger partial charge >= 0.3 is 0 Å². The lowest BCUT2D eigenvalue weighted by atomic mass is 9.92. The van der Waals surface area contributed by atoms with E-state index in [1.54, 1.807) is 18.9 Å². The van der Waals surface area contributed by atoms with E-state index in [0.717, 1.165) is 37.4 Å². The molecule has 0 radical (unpaired) electrons. The quantitative estimate of drug-likeness (QED) is 0.793. The van der Waals surface area contributed by atoms with Crippen LogP contribution in [0.3, 0.4) is 0 Å². The van der Waals surface area contributed by atoms with E-state index in [-0.39, 0.29) is 24.4 Å². The standard InChI is InChI=1S/C17H26N2O2S.ClH/c1-13(18)14-4-3-10-19(12-14)17(20)9-11-22-16-7-5-15(21-2)6-8-16;/h5-8,13-14H,3-4,9-12,18H2,1-2H3;1H. The highest BCUT2D eigenvalue weighted by Gasteiger charge is 2.25. The van der Waals surface area contributed by atoms with Crippen LogP contribution in [-0.2, 0) is 4.79 Å². The van der Waals surface area contributed by atoms with Crippen molar-refractivity contribution in [2.24, 2.45) is 11.7 Å². The second kappa shape index (κ2) is 10.1. The third-order valence-corrected chi connectivity index (χ3v) is 5.21. The Hall–Kier alpha value is -0.910. The van der Waals surface area contributed by atoms with Crippen molar-refractivity contribution in [2.75, 3.05) is 26.0 Å². The molecule has 1 aliphatic rings. The molecule has 130 valence electrons. The summed E-state index contributed by atoms with van der Waals surface area (Å²) in [5.41, 5.74) is 5.98. The van der Waals surface area contributed by atoms with Gasteiger partial charge in [0.2, 0.25) is 5.91 Å². The average Bonchev–Trinajstić information content (AvgIpc) is 2.55. The molecule has 0 bridgehead atoms. The van der Waals surface area contributed by atoms with Gasteiger partial charge in [0.1, 0.15) is 5.75 Å². The molecule has 2 atom stereocenters. The number of halogens is 1. The summed E-state index contributed by atoms with van der Waals surface area (Å²) in [7, 11) is 1.66. The van der Waals surface area contributed by atoms with Crippen molar-refractivity contribution in [3.8, 4) is 5.75 Å². The van der Waals surface area contributed by atoms with E-state index in [0.29, 0.717) is 12.3 Å². The maximum Gasteiger partial charge on any atom is 0.223 e. The first-order valence-electron chi connectivity index (χ1n) is 7.90. The van der Waals surface area contributed by atoms with Crippen LogP contribution in [0.1, 0.15) is 26.2 Å². The summed E-state index contributed by atoms with van der Waals surface area (Å²) in [6, 6.07) is 8.12. The molecule has 1 aromatic rings. The van der Waals surface area contributed by atoms with E-state index in [4.69, 9.17) is 10.5 Å². The maximum atomic E-state index is 12.3. The highest BCUT2D eigenvalue weighted by Crippen LogP contribution is 2.23. The molecule has 2 rings (SSSR count). The zero-order valence-corrected chi connectivity index (χ0v) is 15.5. The van der Waals surface area contributed by atoms with Crippen molar-refractivity contribution >= 4 is 30.1 Å². The summed E-state index contributed by atoms with van der Waals surface area (Å²) in [6.07, 6.45) is 2.80. The molecule has 1 saturated heterocycles. The molecule has 0 aliphatic carbocycles. The van der Waals surface area contributed by atoms with Crippen LogP contribution in [0.25, 0.3) is 0 Å². The van der Waals surface area contributed by atoms with Crippen molar-refractivity contribution in [2.45, 2.75) is 37.1 Å². The number of benzene rings is 1. The van der Waals surface area contributed by atoms with Gasteiger partial charge in [0.05, 0.1) is 7.11 Å². The molecule has 0 saturated carbocycles. The van der Waals surface area contributed by atoms with E-state index < -0.39 is 0 Å². The molecule has 1 aromatic carbocycles. The molecular formula is C17H27ClN2O2S. The van der Waals surface area contributed by atoms with Gasteiger partial charge in [-0.2, -0.15) is 0 Å². The Morgan fingerprint density at radius 2 is 2.13 bits per heavy atom. The van der Waals surface area contributed by atoms with Crippen molar-refractivity contribution < 1.29 is 9.53 Å². The molecule has 2 N–H and O–H groups in total. The van der Waals surface area contributed by atoms with Gasteiger partial charge in [-0.15, -0.1) is 24.2 Å². The Kier molecular flexibility index (Phi) is 8.81. The fourth-order valence-electron chi connectivity index (χ4n) is 2.75. The monoisotopic (exact) mass is 358 g/mol. The number of rotatable bonds is 6.